The molecule has 0 aromatic heterocycles. The quantitative estimate of drug-likeness (QED) is 0.498. The molecule has 12 heavy (non-hydrogen) atoms. The summed E-state index contributed by atoms with van der Waals surface area (Å²) in [4.78, 5) is 10.1. The second-order valence-electron chi connectivity index (χ2n) is 3.93. The third-order valence-corrected chi connectivity index (χ3v) is 1.70. The van der Waals surface area contributed by atoms with E-state index in [0.29, 0.717) is 0 Å². The Morgan fingerprint density at radius 1 is 1.17 bits per heavy atom. The molecule has 4 heteroatoms. The van der Waals surface area contributed by atoms with Crippen LogP contribution in [-0.4, -0.2) is 39.9 Å². The molecule has 3 atom stereocenters. The zero-order chi connectivity index (χ0) is 9.94. The number of aliphatic hydroxyl groups is 3. The van der Waals surface area contributed by atoms with Crippen molar-refractivity contribution in [2.24, 2.45) is 5.41 Å². The summed E-state index contributed by atoms with van der Waals surface area (Å²) in [5.74, 6) is 0. The molecule has 0 amide bonds. The fourth-order valence-electron chi connectivity index (χ4n) is 0.780. The third kappa shape index (κ3) is 2.89. The zero-order valence-corrected chi connectivity index (χ0v) is 7.56. The number of rotatable bonds is 3. The number of carbonyl (C=O) groups excluding carboxylic acids is 1. The minimum absolute atomic E-state index is 0.208. The van der Waals surface area contributed by atoms with Crippen molar-refractivity contribution in [3.63, 3.8) is 0 Å². The lowest BCUT2D eigenvalue weighted by Gasteiger charge is -2.30. The molecule has 0 spiro atoms. The van der Waals surface area contributed by atoms with Crippen molar-refractivity contribution in [3.05, 3.63) is 0 Å². The van der Waals surface area contributed by atoms with Gasteiger partial charge in [0.2, 0.25) is 0 Å². The van der Waals surface area contributed by atoms with Gasteiger partial charge in [-0.3, -0.25) is 0 Å². The molecule has 0 saturated carbocycles. The summed E-state index contributed by atoms with van der Waals surface area (Å²) in [7, 11) is 0. The Hall–Kier alpha value is -0.450. The van der Waals surface area contributed by atoms with Crippen LogP contribution in [0.2, 0.25) is 0 Å². The van der Waals surface area contributed by atoms with E-state index >= 15 is 0 Å². The molecule has 0 heterocycles. The van der Waals surface area contributed by atoms with E-state index in [4.69, 9.17) is 5.11 Å². The number of hydrogen-bond acceptors (Lipinski definition) is 4. The molecule has 0 radical (unpaired) electrons. The van der Waals surface area contributed by atoms with Gasteiger partial charge in [0.15, 0.2) is 6.29 Å². The Kier molecular flexibility index (Phi) is 3.83. The standard InChI is InChI=1S/C8H16O4/c1-8(2,3)7(12)6(11)5(10)4-9/h4-7,10-12H,1-3H3. The van der Waals surface area contributed by atoms with Crippen LogP contribution in [0.1, 0.15) is 20.8 Å². The highest BCUT2D eigenvalue weighted by atomic mass is 16.4. The van der Waals surface area contributed by atoms with Gasteiger partial charge in [-0.25, -0.2) is 0 Å². The molecule has 0 rings (SSSR count). The van der Waals surface area contributed by atoms with Crippen LogP contribution < -0.4 is 0 Å². The largest absolute Gasteiger partial charge is 0.390 e. The second kappa shape index (κ2) is 3.98. The first-order valence-corrected chi connectivity index (χ1v) is 3.80. The number of hydrogen-bond donors (Lipinski definition) is 3. The summed E-state index contributed by atoms with van der Waals surface area (Å²) < 4.78 is 0. The van der Waals surface area contributed by atoms with E-state index in [1.165, 1.54) is 0 Å². The first kappa shape index (κ1) is 11.6. The van der Waals surface area contributed by atoms with Crippen LogP contribution in [0, 0.1) is 5.41 Å². The minimum Gasteiger partial charge on any atom is -0.390 e. The van der Waals surface area contributed by atoms with Crippen LogP contribution in [0.5, 0.6) is 0 Å². The maximum absolute atomic E-state index is 10.1. The summed E-state index contributed by atoms with van der Waals surface area (Å²) in [5, 5.41) is 27.5. The van der Waals surface area contributed by atoms with Crippen molar-refractivity contribution < 1.29 is 20.1 Å². The number of carbonyl (C=O) groups is 1. The molecule has 0 saturated heterocycles. The van der Waals surface area contributed by atoms with Crippen molar-refractivity contribution in [1.29, 1.82) is 0 Å². The normalized spacial score (nSPS) is 19.8. The first-order chi connectivity index (χ1) is 5.30. The van der Waals surface area contributed by atoms with Crippen molar-refractivity contribution >= 4 is 6.29 Å². The van der Waals surface area contributed by atoms with E-state index in [9.17, 15) is 15.0 Å². The highest BCUT2D eigenvalue weighted by Gasteiger charge is 2.33. The maximum atomic E-state index is 10.1. The zero-order valence-electron chi connectivity index (χ0n) is 7.56. The lowest BCUT2D eigenvalue weighted by molar-refractivity contribution is -0.132. The van der Waals surface area contributed by atoms with Gasteiger partial charge in [-0.1, -0.05) is 20.8 Å². The molecule has 3 N–H and O–H groups in total. The van der Waals surface area contributed by atoms with E-state index in [2.05, 4.69) is 0 Å². The SMILES string of the molecule is CC(C)(C)C(O)C(O)C(O)C=O. The first-order valence-electron chi connectivity index (χ1n) is 3.80. The van der Waals surface area contributed by atoms with Gasteiger partial charge in [0.1, 0.15) is 12.2 Å². The number of aliphatic hydroxyl groups excluding tert-OH is 3. The van der Waals surface area contributed by atoms with Crippen molar-refractivity contribution in [1.82, 2.24) is 0 Å². The van der Waals surface area contributed by atoms with Crippen LogP contribution in [0.4, 0.5) is 0 Å². The Bertz CT molecular complexity index is 150. The fraction of sp³-hybridized carbons (Fsp3) is 0.875. The summed E-state index contributed by atoms with van der Waals surface area (Å²) in [6.07, 6.45) is -3.83. The Labute approximate surface area is 71.8 Å². The van der Waals surface area contributed by atoms with Gasteiger partial charge in [-0.2, -0.15) is 0 Å². The van der Waals surface area contributed by atoms with Gasteiger partial charge >= 0.3 is 0 Å². The Balaban J connectivity index is 4.28. The average molecular weight is 176 g/mol. The summed E-state index contributed by atoms with van der Waals surface area (Å²) in [6.45, 7) is 5.12. The lowest BCUT2D eigenvalue weighted by Crippen LogP contribution is -2.45. The molecular weight excluding hydrogens is 160 g/mol. The van der Waals surface area contributed by atoms with Gasteiger partial charge in [0, 0.05) is 0 Å². The molecule has 0 aliphatic carbocycles. The summed E-state index contributed by atoms with van der Waals surface area (Å²) in [6, 6.07) is 0. The third-order valence-electron chi connectivity index (χ3n) is 1.70. The average Bonchev–Trinajstić information content (AvgIpc) is 1.98. The molecule has 0 aromatic carbocycles. The van der Waals surface area contributed by atoms with Gasteiger partial charge in [0.05, 0.1) is 6.10 Å². The van der Waals surface area contributed by atoms with Crippen LogP contribution in [0.15, 0.2) is 0 Å². The van der Waals surface area contributed by atoms with Gasteiger partial charge in [-0.15, -0.1) is 0 Å². The predicted molar refractivity (Wildman–Crippen MR) is 43.5 cm³/mol. The minimum atomic E-state index is -1.51. The predicted octanol–water partition coefficient (Wildman–Crippen LogP) is -0.686. The molecule has 3 unspecified atom stereocenters. The summed E-state index contributed by atoms with van der Waals surface area (Å²) in [5.41, 5.74) is -0.552. The lowest BCUT2D eigenvalue weighted by atomic mass is 9.84. The maximum Gasteiger partial charge on any atom is 0.151 e. The van der Waals surface area contributed by atoms with Crippen LogP contribution in [0.25, 0.3) is 0 Å². The highest BCUT2D eigenvalue weighted by Crippen LogP contribution is 2.22. The van der Waals surface area contributed by atoms with Crippen LogP contribution >= 0.6 is 0 Å². The van der Waals surface area contributed by atoms with Crippen LogP contribution in [-0.2, 0) is 4.79 Å². The smallest absolute Gasteiger partial charge is 0.151 e. The van der Waals surface area contributed by atoms with E-state index in [0.717, 1.165) is 0 Å². The van der Waals surface area contributed by atoms with Gasteiger partial charge in [-0.05, 0) is 5.41 Å². The fourth-order valence-corrected chi connectivity index (χ4v) is 0.780. The van der Waals surface area contributed by atoms with Crippen molar-refractivity contribution in [2.45, 2.75) is 39.1 Å². The Morgan fingerprint density at radius 2 is 1.58 bits per heavy atom. The monoisotopic (exact) mass is 176 g/mol. The second-order valence-corrected chi connectivity index (χ2v) is 3.93. The summed E-state index contributed by atoms with van der Waals surface area (Å²) >= 11 is 0. The molecule has 0 aliphatic heterocycles. The van der Waals surface area contributed by atoms with Crippen LogP contribution in [0.3, 0.4) is 0 Å². The van der Waals surface area contributed by atoms with E-state index in [1.807, 2.05) is 0 Å². The van der Waals surface area contributed by atoms with E-state index < -0.39 is 23.7 Å². The molecule has 4 nitrogen and oxygen atoms in total. The molecular formula is C8H16O4. The van der Waals surface area contributed by atoms with Gasteiger partial charge < -0.3 is 20.1 Å². The number of aldehydes is 1. The van der Waals surface area contributed by atoms with E-state index in [-0.39, 0.29) is 6.29 Å². The van der Waals surface area contributed by atoms with E-state index in [1.54, 1.807) is 20.8 Å². The van der Waals surface area contributed by atoms with Crippen molar-refractivity contribution in [3.8, 4) is 0 Å². The Morgan fingerprint density at radius 3 is 1.83 bits per heavy atom. The molecule has 72 valence electrons. The highest BCUT2D eigenvalue weighted by molar-refractivity contribution is 5.56. The molecule has 0 aliphatic rings. The molecule has 0 fully saturated rings. The molecule has 0 aromatic rings. The van der Waals surface area contributed by atoms with Gasteiger partial charge in [0.25, 0.3) is 0 Å². The molecule has 0 bridgehead atoms. The van der Waals surface area contributed by atoms with Crippen molar-refractivity contribution in [2.75, 3.05) is 0 Å². The topological polar surface area (TPSA) is 77.8 Å².